The van der Waals surface area contributed by atoms with Crippen LogP contribution in [0.1, 0.15) is 40.6 Å². The van der Waals surface area contributed by atoms with E-state index in [4.69, 9.17) is 9.16 Å². The van der Waals surface area contributed by atoms with Crippen LogP contribution < -0.4 is 19.5 Å². The molecule has 0 aliphatic rings. The number of benzene rings is 4. The van der Waals surface area contributed by atoms with Gasteiger partial charge < -0.3 is 9.16 Å². The summed E-state index contributed by atoms with van der Waals surface area (Å²) in [5.41, 5.74) is 3.63. The highest BCUT2D eigenvalue weighted by Gasteiger charge is 2.41. The Morgan fingerprint density at radius 1 is 0.780 bits per heavy atom. The number of carbonyl (C=O) groups is 2. The van der Waals surface area contributed by atoms with E-state index in [0.717, 1.165) is 30.0 Å². The van der Waals surface area contributed by atoms with E-state index in [1.54, 1.807) is 36.2 Å². The molecule has 0 N–H and O–H groups in total. The number of rotatable bonds is 12. The van der Waals surface area contributed by atoms with Crippen LogP contribution in [0.3, 0.4) is 0 Å². The molecule has 0 aliphatic carbocycles. The number of nitrogens with zero attached hydrogens (tertiary/aromatic N) is 1. The third kappa shape index (κ3) is 6.21. The molecule has 0 spiro atoms. The molecule has 0 aliphatic heterocycles. The minimum absolute atomic E-state index is 0.165. The molecule has 41 heavy (non-hydrogen) atoms. The zero-order chi connectivity index (χ0) is 28.7. The van der Waals surface area contributed by atoms with Crippen LogP contribution in [0.4, 0.5) is 0 Å². The van der Waals surface area contributed by atoms with Crippen LogP contribution >= 0.6 is 11.3 Å². The number of carbonyl (C=O) groups excluding carboxylic acids is 2. The van der Waals surface area contributed by atoms with Gasteiger partial charge in [-0.3, -0.25) is 9.59 Å². The summed E-state index contributed by atoms with van der Waals surface area (Å²) in [5.74, 6) is 0.143. The lowest BCUT2D eigenvalue weighted by Crippen LogP contribution is -2.63. The van der Waals surface area contributed by atoms with Crippen molar-refractivity contribution in [2.24, 2.45) is 0 Å². The van der Waals surface area contributed by atoms with Crippen LogP contribution in [0.5, 0.6) is 11.5 Å². The van der Waals surface area contributed by atoms with Crippen molar-refractivity contribution < 1.29 is 18.8 Å². The molecule has 1 aromatic heterocycles. The van der Waals surface area contributed by atoms with Gasteiger partial charge in [0.25, 0.3) is 5.78 Å². The topological polar surface area (TPSA) is 65.5 Å². The molecule has 0 atom stereocenters. The number of hydrogen-bond donors (Lipinski definition) is 0. The first-order valence-corrected chi connectivity index (χ1v) is 16.7. The molecular weight excluding hydrogens is 547 g/mol. The van der Waals surface area contributed by atoms with Crippen LogP contribution in [-0.4, -0.2) is 32.0 Å². The maximum Gasteiger partial charge on any atom is 0.314 e. The Morgan fingerprint density at radius 3 is 2.07 bits per heavy atom. The number of hydrogen-bond acceptors (Lipinski definition) is 6. The monoisotopic (exact) mass is 577 g/mol. The molecule has 0 saturated carbocycles. The number of thiazole rings is 1. The molecule has 0 unspecified atom stereocenters. The number of methoxy groups -OCH3 is 1. The molecule has 0 bridgehead atoms. The Morgan fingerprint density at radius 2 is 1.46 bits per heavy atom. The number of ketones is 2. The van der Waals surface area contributed by atoms with E-state index in [-0.39, 0.29) is 5.69 Å². The second-order valence-corrected chi connectivity index (χ2v) is 14.0. The van der Waals surface area contributed by atoms with Crippen molar-refractivity contribution in [1.82, 2.24) is 4.98 Å². The first-order valence-electron chi connectivity index (χ1n) is 13.6. The molecule has 5 rings (SSSR count). The van der Waals surface area contributed by atoms with Gasteiger partial charge in [0, 0.05) is 17.0 Å². The van der Waals surface area contributed by atoms with Crippen molar-refractivity contribution in [2.45, 2.75) is 25.8 Å². The quantitative estimate of drug-likeness (QED) is 0.0925. The first kappa shape index (κ1) is 28.2. The van der Waals surface area contributed by atoms with Crippen LogP contribution in [0, 0.1) is 0 Å². The fraction of sp³-hybridized carbons (Fsp3) is 0.147. The molecule has 206 valence electrons. The van der Waals surface area contributed by atoms with Crippen molar-refractivity contribution >= 4 is 41.6 Å². The van der Waals surface area contributed by atoms with E-state index in [2.05, 4.69) is 60.4 Å². The maximum atomic E-state index is 13.0. The molecule has 0 radical (unpaired) electrons. The van der Waals surface area contributed by atoms with Crippen molar-refractivity contribution in [3.8, 4) is 22.6 Å². The van der Waals surface area contributed by atoms with Crippen molar-refractivity contribution in [3.05, 3.63) is 125 Å². The summed E-state index contributed by atoms with van der Waals surface area (Å²) in [4.78, 5) is 29.7. The highest BCUT2D eigenvalue weighted by atomic mass is 32.1. The molecule has 0 saturated heterocycles. The van der Waals surface area contributed by atoms with Gasteiger partial charge >= 0.3 is 8.32 Å². The van der Waals surface area contributed by atoms with Crippen molar-refractivity contribution in [2.75, 3.05) is 7.11 Å². The van der Waals surface area contributed by atoms with Crippen LogP contribution in [0.15, 0.2) is 114 Å². The fourth-order valence-corrected chi connectivity index (χ4v) is 9.61. The van der Waals surface area contributed by atoms with E-state index in [0.29, 0.717) is 17.1 Å². The van der Waals surface area contributed by atoms with Crippen LogP contribution in [-0.2, 0) is 0 Å². The highest BCUT2D eigenvalue weighted by molar-refractivity contribution is 7.07. The summed E-state index contributed by atoms with van der Waals surface area (Å²) >= 11 is 1.28. The fourth-order valence-electron chi connectivity index (χ4n) is 4.99. The van der Waals surface area contributed by atoms with E-state index >= 15 is 0 Å². The summed E-state index contributed by atoms with van der Waals surface area (Å²) in [7, 11) is -1.07. The summed E-state index contributed by atoms with van der Waals surface area (Å²) in [6.45, 7) is 2.20. The number of aromatic nitrogens is 1. The molecule has 0 fully saturated rings. The molecular formula is C34H31NO4SSi. The second-order valence-electron chi connectivity index (χ2n) is 9.77. The molecule has 5 nitrogen and oxygen atoms in total. The highest BCUT2D eigenvalue weighted by Crippen LogP contribution is 2.33. The zero-order valence-corrected chi connectivity index (χ0v) is 24.9. The maximum absolute atomic E-state index is 13.0. The van der Waals surface area contributed by atoms with Gasteiger partial charge in [-0.15, -0.1) is 11.3 Å². The molecule has 0 amide bonds. The van der Waals surface area contributed by atoms with Crippen LogP contribution in [0.2, 0.25) is 6.04 Å². The number of Topliss-reactive ketones (excluding diaryl/α,β-unsaturated/α-hetero) is 2. The van der Waals surface area contributed by atoms with Gasteiger partial charge in [-0.1, -0.05) is 98.6 Å². The summed E-state index contributed by atoms with van der Waals surface area (Å²) in [5, 5.41) is 4.00. The van der Waals surface area contributed by atoms with E-state index < -0.39 is 19.9 Å². The minimum Gasteiger partial charge on any atom is -0.534 e. The molecule has 7 heteroatoms. The third-order valence-corrected chi connectivity index (χ3v) is 11.9. The largest absolute Gasteiger partial charge is 0.534 e. The standard InChI is InChI=1S/C34H31NO4SSi/c1-3-4-18-41(30-14-7-5-8-15-30,31-16-9-6-10-17-31)39-29-21-27(20-28(22-29)38-2)25-12-11-13-26(19-25)33(36)34(37)32-23-40-24-35-32/h5-17,19-24H,3-4,18H2,1-2H3. The lowest BCUT2D eigenvalue weighted by Gasteiger charge is -2.33. The minimum atomic E-state index is -2.70. The van der Waals surface area contributed by atoms with Gasteiger partial charge in [0.15, 0.2) is 0 Å². The Labute approximate surface area is 245 Å². The Hall–Kier alpha value is -4.33. The average molecular weight is 578 g/mol. The Balaban J connectivity index is 1.57. The average Bonchev–Trinajstić information content (AvgIpc) is 3.58. The van der Waals surface area contributed by atoms with Gasteiger partial charge in [0.1, 0.15) is 17.2 Å². The Kier molecular flexibility index (Phi) is 8.87. The summed E-state index contributed by atoms with van der Waals surface area (Å²) < 4.78 is 12.9. The second kappa shape index (κ2) is 12.9. The number of ether oxygens (including phenoxy) is 1. The van der Waals surface area contributed by atoms with E-state index in [1.165, 1.54) is 21.7 Å². The predicted octanol–water partition coefficient (Wildman–Crippen LogP) is 6.82. The normalized spacial score (nSPS) is 11.2. The smallest absolute Gasteiger partial charge is 0.314 e. The molecule has 5 aromatic rings. The molecule has 4 aromatic carbocycles. The Bertz CT molecular complexity index is 1580. The lowest BCUT2D eigenvalue weighted by atomic mass is 9.99. The van der Waals surface area contributed by atoms with Gasteiger partial charge in [-0.2, -0.15) is 0 Å². The lowest BCUT2D eigenvalue weighted by molar-refractivity contribution is 0.0814. The zero-order valence-electron chi connectivity index (χ0n) is 23.1. The molecule has 1 heterocycles. The van der Waals surface area contributed by atoms with Gasteiger partial charge in [-0.25, -0.2) is 4.98 Å². The van der Waals surface area contributed by atoms with Gasteiger partial charge in [-0.05, 0) is 45.7 Å². The number of unbranched alkanes of at least 4 members (excludes halogenated alkanes) is 1. The van der Waals surface area contributed by atoms with Crippen molar-refractivity contribution in [3.63, 3.8) is 0 Å². The summed E-state index contributed by atoms with van der Waals surface area (Å²) in [6.07, 6.45) is 2.09. The van der Waals surface area contributed by atoms with Crippen LogP contribution in [0.25, 0.3) is 11.1 Å². The van der Waals surface area contributed by atoms with Crippen molar-refractivity contribution in [1.29, 1.82) is 0 Å². The van der Waals surface area contributed by atoms with E-state index in [9.17, 15) is 9.59 Å². The third-order valence-electron chi connectivity index (χ3n) is 7.10. The summed E-state index contributed by atoms with van der Waals surface area (Å²) in [6, 6.07) is 34.9. The SMILES string of the molecule is CCCC[Si](Oc1cc(OC)cc(-c2cccc(C(=O)C(=O)c3cscn3)c2)c1)(c1ccccc1)c1ccccc1. The first-order chi connectivity index (χ1) is 20.0. The predicted molar refractivity (Wildman–Crippen MR) is 167 cm³/mol. The van der Waals surface area contributed by atoms with E-state index in [1.807, 2.05) is 36.4 Å². The van der Waals surface area contributed by atoms with Gasteiger partial charge in [0.05, 0.1) is 12.6 Å². The van der Waals surface area contributed by atoms with Gasteiger partial charge in [0.2, 0.25) is 5.78 Å².